The van der Waals surface area contributed by atoms with Gasteiger partial charge in [-0.15, -0.1) is 0 Å². The third-order valence-electron chi connectivity index (χ3n) is 4.24. The monoisotopic (exact) mass is 415 g/mol. The number of fused-ring (bicyclic) bond motifs is 1. The van der Waals surface area contributed by atoms with Crippen molar-refractivity contribution in [2.45, 2.75) is 12.7 Å². The van der Waals surface area contributed by atoms with E-state index in [1.165, 1.54) is 12.1 Å². The van der Waals surface area contributed by atoms with Gasteiger partial charge in [0.05, 0.1) is 12.2 Å². The van der Waals surface area contributed by atoms with E-state index in [1.54, 1.807) is 41.2 Å². The molecule has 0 bridgehead atoms. The molecule has 1 aromatic carbocycles. The molecule has 0 saturated heterocycles. The molecule has 9 heteroatoms. The van der Waals surface area contributed by atoms with Crippen LogP contribution in [0.5, 0.6) is 0 Å². The molecule has 3 aromatic rings. The molecular formula is C21H16F3N3O3. The molecule has 0 saturated carbocycles. The molecule has 2 heterocycles. The molecule has 6 nitrogen and oxygen atoms in total. The third kappa shape index (κ3) is 4.67. The molecule has 3 rings (SSSR count). The van der Waals surface area contributed by atoms with Crippen LogP contribution >= 0.6 is 0 Å². The quantitative estimate of drug-likeness (QED) is 0.378. The van der Waals surface area contributed by atoms with Gasteiger partial charge in [-0.3, -0.25) is 0 Å². The molecule has 0 spiro atoms. The van der Waals surface area contributed by atoms with Crippen molar-refractivity contribution in [3.63, 3.8) is 0 Å². The number of rotatable bonds is 6. The minimum Gasteiger partial charge on any atom is -0.459 e. The van der Waals surface area contributed by atoms with Gasteiger partial charge >= 0.3 is 12.1 Å². The number of aromatic nitrogens is 2. The molecule has 0 fully saturated rings. The smallest absolute Gasteiger partial charge is 0.416 e. The number of aliphatic hydroxyl groups excluding tert-OH is 1. The molecule has 0 radical (unpaired) electrons. The maximum absolute atomic E-state index is 13.0. The number of aliphatic hydroxyl groups is 1. The molecule has 0 aliphatic carbocycles. The van der Waals surface area contributed by atoms with Crippen molar-refractivity contribution in [1.29, 1.82) is 5.26 Å². The fraction of sp³-hybridized carbons (Fsp3) is 0.190. The van der Waals surface area contributed by atoms with E-state index in [0.29, 0.717) is 22.2 Å². The van der Waals surface area contributed by atoms with Crippen molar-refractivity contribution >= 4 is 23.1 Å². The number of esters is 1. The molecule has 30 heavy (non-hydrogen) atoms. The van der Waals surface area contributed by atoms with Gasteiger partial charge in [0, 0.05) is 29.9 Å². The number of alkyl halides is 3. The second-order valence-electron chi connectivity index (χ2n) is 6.31. The topological polar surface area (TPSA) is 88.1 Å². The van der Waals surface area contributed by atoms with Gasteiger partial charge in [0.25, 0.3) is 0 Å². The minimum absolute atomic E-state index is 0.113. The van der Waals surface area contributed by atoms with Crippen molar-refractivity contribution in [1.82, 2.24) is 9.55 Å². The van der Waals surface area contributed by atoms with Gasteiger partial charge in [-0.25, -0.2) is 9.78 Å². The van der Waals surface area contributed by atoms with Crippen LogP contribution in [0.3, 0.4) is 0 Å². The Morgan fingerprint density at radius 3 is 2.80 bits per heavy atom. The van der Waals surface area contributed by atoms with E-state index in [0.717, 1.165) is 12.1 Å². The Hall–Kier alpha value is -3.64. The van der Waals surface area contributed by atoms with Gasteiger partial charge in [0.1, 0.15) is 23.9 Å². The fourth-order valence-electron chi connectivity index (χ4n) is 2.94. The highest BCUT2D eigenvalue weighted by Gasteiger charge is 2.30. The lowest BCUT2D eigenvalue weighted by molar-refractivity contribution is -0.139. The highest BCUT2D eigenvalue weighted by Crippen LogP contribution is 2.30. The maximum atomic E-state index is 13.0. The summed E-state index contributed by atoms with van der Waals surface area (Å²) in [5.74, 6) is -0.880. The number of benzene rings is 1. The number of nitriles is 1. The zero-order chi connectivity index (χ0) is 21.7. The average Bonchev–Trinajstić information content (AvgIpc) is 3.07. The lowest BCUT2D eigenvalue weighted by atomic mass is 10.1. The molecule has 154 valence electrons. The molecule has 0 unspecified atom stereocenters. The number of carbonyl (C=O) groups is 1. The first kappa shape index (κ1) is 21.1. The predicted octanol–water partition coefficient (Wildman–Crippen LogP) is 3.55. The molecule has 0 aliphatic rings. The summed E-state index contributed by atoms with van der Waals surface area (Å²) >= 11 is 0. The third-order valence-corrected chi connectivity index (χ3v) is 4.24. The Morgan fingerprint density at radius 1 is 1.30 bits per heavy atom. The van der Waals surface area contributed by atoms with Crippen LogP contribution < -0.4 is 0 Å². The molecule has 0 atom stereocenters. The number of ether oxygens (including phenoxy) is 1. The van der Waals surface area contributed by atoms with Gasteiger partial charge in [-0.05, 0) is 35.9 Å². The van der Waals surface area contributed by atoms with Crippen LogP contribution in [0, 0.1) is 11.3 Å². The second kappa shape index (κ2) is 8.80. The Kier molecular flexibility index (Phi) is 6.18. The highest BCUT2D eigenvalue weighted by molar-refractivity contribution is 6.00. The van der Waals surface area contributed by atoms with Crippen LogP contribution in [-0.4, -0.2) is 33.8 Å². The maximum Gasteiger partial charge on any atom is 0.416 e. The molecular weight excluding hydrogens is 399 g/mol. The number of carbonyl (C=O) groups excluding carboxylic acids is 1. The summed E-state index contributed by atoms with van der Waals surface area (Å²) in [6.07, 6.45) is 0.0255. The summed E-state index contributed by atoms with van der Waals surface area (Å²) in [6, 6.07) is 10.1. The lowest BCUT2D eigenvalue weighted by Crippen LogP contribution is -2.10. The van der Waals surface area contributed by atoms with Crippen LogP contribution in [0.15, 0.2) is 54.4 Å². The Labute approximate surface area is 169 Å². The number of nitrogens with zero attached hydrogens (tertiary/aromatic N) is 3. The zero-order valence-corrected chi connectivity index (χ0v) is 15.6. The van der Waals surface area contributed by atoms with E-state index in [9.17, 15) is 23.2 Å². The van der Waals surface area contributed by atoms with Crippen LogP contribution in [0.2, 0.25) is 0 Å². The van der Waals surface area contributed by atoms with E-state index in [-0.39, 0.29) is 25.3 Å². The second-order valence-corrected chi connectivity index (χ2v) is 6.31. The van der Waals surface area contributed by atoms with Crippen molar-refractivity contribution in [2.24, 2.45) is 0 Å². The van der Waals surface area contributed by atoms with Crippen LogP contribution in [0.4, 0.5) is 13.2 Å². The van der Waals surface area contributed by atoms with Gasteiger partial charge in [-0.2, -0.15) is 18.4 Å². The predicted molar refractivity (Wildman–Crippen MR) is 102 cm³/mol. The van der Waals surface area contributed by atoms with Gasteiger partial charge in [0.2, 0.25) is 0 Å². The van der Waals surface area contributed by atoms with E-state index >= 15 is 0 Å². The standard InChI is InChI=1S/C21H16F3N3O3/c22-21(23,24)17-4-1-3-14(9-17)12-27-13-16(18-5-2-6-26-19(18)27)10-15(11-25)20(29)30-8-7-28/h1-6,9-10,13,28H,7-8,12H2/b15-10+. The Balaban J connectivity index is 2.00. The minimum atomic E-state index is -4.45. The van der Waals surface area contributed by atoms with Gasteiger partial charge < -0.3 is 14.4 Å². The zero-order valence-electron chi connectivity index (χ0n) is 15.6. The normalized spacial score (nSPS) is 12.0. The lowest BCUT2D eigenvalue weighted by Gasteiger charge is -2.09. The van der Waals surface area contributed by atoms with E-state index in [4.69, 9.17) is 9.84 Å². The fourth-order valence-corrected chi connectivity index (χ4v) is 2.94. The van der Waals surface area contributed by atoms with Gasteiger partial charge in [0.15, 0.2) is 0 Å². The van der Waals surface area contributed by atoms with Crippen LogP contribution in [-0.2, 0) is 22.3 Å². The highest BCUT2D eigenvalue weighted by atomic mass is 19.4. The van der Waals surface area contributed by atoms with Crippen molar-refractivity contribution < 1.29 is 27.8 Å². The number of pyridine rings is 1. The molecule has 0 aliphatic heterocycles. The first-order chi connectivity index (χ1) is 14.3. The summed E-state index contributed by atoms with van der Waals surface area (Å²) in [5.41, 5.74) is 0.379. The Morgan fingerprint density at radius 2 is 2.10 bits per heavy atom. The summed E-state index contributed by atoms with van der Waals surface area (Å²) in [4.78, 5) is 16.2. The first-order valence-corrected chi connectivity index (χ1v) is 8.83. The summed E-state index contributed by atoms with van der Waals surface area (Å²) in [6.45, 7) is -0.497. The van der Waals surface area contributed by atoms with E-state index in [2.05, 4.69) is 4.98 Å². The molecule has 2 aromatic heterocycles. The summed E-state index contributed by atoms with van der Waals surface area (Å²) < 4.78 is 45.4. The summed E-state index contributed by atoms with van der Waals surface area (Å²) in [7, 11) is 0. The Bertz CT molecular complexity index is 1140. The van der Waals surface area contributed by atoms with Crippen molar-refractivity contribution in [2.75, 3.05) is 13.2 Å². The number of halogens is 3. The number of hydrogen-bond donors (Lipinski definition) is 1. The molecule has 1 N–H and O–H groups in total. The number of hydrogen-bond acceptors (Lipinski definition) is 5. The van der Waals surface area contributed by atoms with Crippen LogP contribution in [0.25, 0.3) is 17.1 Å². The van der Waals surface area contributed by atoms with Gasteiger partial charge in [-0.1, -0.05) is 12.1 Å². The summed E-state index contributed by atoms with van der Waals surface area (Å²) in [5, 5.41) is 18.6. The van der Waals surface area contributed by atoms with Crippen molar-refractivity contribution in [3.05, 3.63) is 71.1 Å². The van der Waals surface area contributed by atoms with E-state index in [1.807, 2.05) is 0 Å². The van der Waals surface area contributed by atoms with Crippen LogP contribution in [0.1, 0.15) is 16.7 Å². The molecule has 0 amide bonds. The largest absolute Gasteiger partial charge is 0.459 e. The SMILES string of the molecule is N#C/C(=C\c1cn(Cc2cccc(C(F)(F)F)c2)c2ncccc12)C(=O)OCCO. The van der Waals surface area contributed by atoms with Crippen molar-refractivity contribution in [3.8, 4) is 6.07 Å². The van der Waals surface area contributed by atoms with E-state index < -0.39 is 17.7 Å². The average molecular weight is 415 g/mol. The first-order valence-electron chi connectivity index (χ1n) is 8.83.